The lowest BCUT2D eigenvalue weighted by Crippen LogP contribution is -1.91. The van der Waals surface area contributed by atoms with Crippen LogP contribution in [0.5, 0.6) is 0 Å². The summed E-state index contributed by atoms with van der Waals surface area (Å²) in [6.45, 7) is 0. The fraction of sp³-hybridized carbons (Fsp3) is 0. The Hall–Kier alpha value is -2.28. The fourth-order valence-electron chi connectivity index (χ4n) is 1.01. The van der Waals surface area contributed by atoms with Crippen LogP contribution in [0.1, 0.15) is 5.56 Å². The van der Waals surface area contributed by atoms with E-state index in [0.717, 1.165) is 0 Å². The number of nitrogens with zero attached hydrogens (tertiary/aromatic N) is 4. The summed E-state index contributed by atoms with van der Waals surface area (Å²) < 4.78 is 0. The maximum Gasteiger partial charge on any atom is 0.178 e. The quantitative estimate of drug-likeness (QED) is 0.668. The number of hydrogen-bond acceptors (Lipinski definition) is 4. The first-order chi connectivity index (χ1) is 6.90. The topological polar surface area (TPSA) is 62.5 Å². The van der Waals surface area contributed by atoms with E-state index in [-0.39, 0.29) is 0 Å². The van der Waals surface area contributed by atoms with Gasteiger partial charge in [-0.1, -0.05) is 6.07 Å². The molecule has 0 fully saturated rings. The predicted molar refractivity (Wildman–Crippen MR) is 50.0 cm³/mol. The highest BCUT2D eigenvalue weighted by Crippen LogP contribution is 2.09. The van der Waals surface area contributed by atoms with Crippen molar-refractivity contribution < 1.29 is 0 Å². The van der Waals surface area contributed by atoms with Crippen LogP contribution in [0.15, 0.2) is 36.8 Å². The van der Waals surface area contributed by atoms with Gasteiger partial charge in [0, 0.05) is 18.6 Å². The van der Waals surface area contributed by atoms with Crippen molar-refractivity contribution in [3.63, 3.8) is 0 Å². The van der Waals surface area contributed by atoms with Crippen molar-refractivity contribution in [2.75, 3.05) is 0 Å². The minimum absolute atomic E-state index is 0.449. The highest BCUT2D eigenvalue weighted by atomic mass is 14.9. The Labute approximate surface area is 80.9 Å². The Morgan fingerprint density at radius 3 is 2.43 bits per heavy atom. The molecule has 14 heavy (non-hydrogen) atoms. The standard InChI is InChI=1S/C10H6N4/c11-5-8-6-13-10(14-7-8)9-3-1-2-4-12-9/h1-4,6-7H. The van der Waals surface area contributed by atoms with Crippen molar-refractivity contribution in [2.24, 2.45) is 0 Å². The third-order valence-electron chi connectivity index (χ3n) is 1.67. The van der Waals surface area contributed by atoms with Crippen LogP contribution in [-0.2, 0) is 0 Å². The van der Waals surface area contributed by atoms with Crippen molar-refractivity contribution >= 4 is 0 Å². The van der Waals surface area contributed by atoms with Crippen LogP contribution in [0.2, 0.25) is 0 Å². The molecule has 0 aromatic carbocycles. The van der Waals surface area contributed by atoms with Crippen molar-refractivity contribution in [1.29, 1.82) is 5.26 Å². The van der Waals surface area contributed by atoms with E-state index in [2.05, 4.69) is 15.0 Å². The van der Waals surface area contributed by atoms with Gasteiger partial charge in [0.1, 0.15) is 11.8 Å². The molecular weight excluding hydrogens is 176 g/mol. The van der Waals surface area contributed by atoms with Gasteiger partial charge in [-0.15, -0.1) is 0 Å². The first-order valence-corrected chi connectivity index (χ1v) is 4.04. The molecule has 0 saturated carbocycles. The van der Waals surface area contributed by atoms with Gasteiger partial charge in [0.15, 0.2) is 5.82 Å². The molecule has 0 aliphatic carbocycles. The van der Waals surface area contributed by atoms with Gasteiger partial charge in [-0.05, 0) is 12.1 Å². The third-order valence-corrected chi connectivity index (χ3v) is 1.67. The molecule has 2 rings (SSSR count). The Balaban J connectivity index is 2.40. The monoisotopic (exact) mass is 182 g/mol. The van der Waals surface area contributed by atoms with Crippen LogP contribution in [0.25, 0.3) is 11.5 Å². The molecule has 0 atom stereocenters. The van der Waals surface area contributed by atoms with E-state index in [9.17, 15) is 0 Å². The van der Waals surface area contributed by atoms with Crippen LogP contribution >= 0.6 is 0 Å². The van der Waals surface area contributed by atoms with E-state index in [4.69, 9.17) is 5.26 Å². The summed E-state index contributed by atoms with van der Waals surface area (Å²) in [5.41, 5.74) is 1.15. The first kappa shape index (κ1) is 8.32. The number of rotatable bonds is 1. The van der Waals surface area contributed by atoms with E-state index in [0.29, 0.717) is 17.1 Å². The largest absolute Gasteiger partial charge is 0.253 e. The van der Waals surface area contributed by atoms with E-state index in [1.807, 2.05) is 24.3 Å². The molecule has 0 N–H and O–H groups in total. The molecule has 0 amide bonds. The highest BCUT2D eigenvalue weighted by molar-refractivity contribution is 5.48. The number of pyridine rings is 1. The molecule has 4 nitrogen and oxygen atoms in total. The van der Waals surface area contributed by atoms with Gasteiger partial charge in [-0.25, -0.2) is 9.97 Å². The Bertz CT molecular complexity index is 456. The normalized spacial score (nSPS) is 9.36. The molecule has 0 saturated heterocycles. The smallest absolute Gasteiger partial charge is 0.178 e. The second-order valence-electron chi connectivity index (χ2n) is 2.62. The molecular formula is C10H6N4. The van der Waals surface area contributed by atoms with E-state index >= 15 is 0 Å². The lowest BCUT2D eigenvalue weighted by molar-refractivity contribution is 1.13. The van der Waals surface area contributed by atoms with E-state index < -0.39 is 0 Å². The Morgan fingerprint density at radius 1 is 1.07 bits per heavy atom. The lowest BCUT2D eigenvalue weighted by Gasteiger charge is -1.96. The van der Waals surface area contributed by atoms with Gasteiger partial charge < -0.3 is 0 Å². The first-order valence-electron chi connectivity index (χ1n) is 4.04. The SMILES string of the molecule is N#Cc1cnc(-c2ccccn2)nc1. The highest BCUT2D eigenvalue weighted by Gasteiger charge is 2.00. The zero-order valence-electron chi connectivity index (χ0n) is 7.25. The van der Waals surface area contributed by atoms with E-state index in [1.54, 1.807) is 6.20 Å². The van der Waals surface area contributed by atoms with Gasteiger partial charge in [0.25, 0.3) is 0 Å². The molecule has 2 aromatic rings. The van der Waals surface area contributed by atoms with Crippen molar-refractivity contribution in [3.8, 4) is 17.6 Å². The minimum Gasteiger partial charge on any atom is -0.253 e. The molecule has 0 bridgehead atoms. The molecule has 0 unspecified atom stereocenters. The van der Waals surface area contributed by atoms with Crippen LogP contribution in [-0.4, -0.2) is 15.0 Å². The fourth-order valence-corrected chi connectivity index (χ4v) is 1.01. The van der Waals surface area contributed by atoms with Gasteiger partial charge in [-0.3, -0.25) is 4.98 Å². The van der Waals surface area contributed by atoms with Crippen molar-refractivity contribution in [1.82, 2.24) is 15.0 Å². The number of hydrogen-bond donors (Lipinski definition) is 0. The minimum atomic E-state index is 0.449. The molecule has 0 aliphatic rings. The lowest BCUT2D eigenvalue weighted by atomic mass is 10.3. The molecule has 2 aromatic heterocycles. The van der Waals surface area contributed by atoms with Crippen LogP contribution < -0.4 is 0 Å². The summed E-state index contributed by atoms with van der Waals surface area (Å²) in [6.07, 6.45) is 4.64. The average Bonchev–Trinajstić information content (AvgIpc) is 2.30. The molecule has 0 aliphatic heterocycles. The average molecular weight is 182 g/mol. The van der Waals surface area contributed by atoms with Crippen LogP contribution in [0, 0.1) is 11.3 Å². The van der Waals surface area contributed by atoms with Gasteiger partial charge in [-0.2, -0.15) is 5.26 Å². The Kier molecular flexibility index (Phi) is 2.15. The van der Waals surface area contributed by atoms with Crippen molar-refractivity contribution in [3.05, 3.63) is 42.4 Å². The Morgan fingerprint density at radius 2 is 1.86 bits per heavy atom. The summed E-state index contributed by atoms with van der Waals surface area (Å²) in [7, 11) is 0. The van der Waals surface area contributed by atoms with E-state index in [1.165, 1.54) is 12.4 Å². The molecule has 0 radical (unpaired) electrons. The molecule has 4 heteroatoms. The number of nitriles is 1. The van der Waals surface area contributed by atoms with Crippen LogP contribution in [0.3, 0.4) is 0 Å². The predicted octanol–water partition coefficient (Wildman–Crippen LogP) is 1.41. The molecule has 2 heterocycles. The van der Waals surface area contributed by atoms with Gasteiger partial charge >= 0.3 is 0 Å². The molecule has 66 valence electrons. The summed E-state index contributed by atoms with van der Waals surface area (Å²) in [5.74, 6) is 0.532. The second kappa shape index (κ2) is 3.62. The number of aromatic nitrogens is 3. The maximum atomic E-state index is 8.55. The zero-order chi connectivity index (χ0) is 9.80. The van der Waals surface area contributed by atoms with Crippen molar-refractivity contribution in [2.45, 2.75) is 0 Å². The van der Waals surface area contributed by atoms with Gasteiger partial charge in [0.2, 0.25) is 0 Å². The maximum absolute atomic E-state index is 8.55. The summed E-state index contributed by atoms with van der Waals surface area (Å²) >= 11 is 0. The molecule has 0 spiro atoms. The third kappa shape index (κ3) is 1.57. The summed E-state index contributed by atoms with van der Waals surface area (Å²) in [4.78, 5) is 12.1. The summed E-state index contributed by atoms with van der Waals surface area (Å²) in [5, 5.41) is 8.55. The van der Waals surface area contributed by atoms with Crippen LogP contribution in [0.4, 0.5) is 0 Å². The van der Waals surface area contributed by atoms with Gasteiger partial charge in [0.05, 0.1) is 5.56 Å². The summed E-state index contributed by atoms with van der Waals surface area (Å²) in [6, 6.07) is 7.47. The second-order valence-corrected chi connectivity index (χ2v) is 2.62. The zero-order valence-corrected chi connectivity index (χ0v) is 7.25.